The minimum atomic E-state index is -4.51. The maximum atomic E-state index is 10.7. The highest BCUT2D eigenvalue weighted by Gasteiger charge is 2.17. The summed E-state index contributed by atoms with van der Waals surface area (Å²) in [6, 6.07) is 5.23. The quantitative estimate of drug-likeness (QED) is 0.548. The number of hydrogen-bond acceptors (Lipinski definition) is 6. The lowest BCUT2D eigenvalue weighted by Crippen LogP contribution is -2.25. The van der Waals surface area contributed by atoms with Gasteiger partial charge in [0.15, 0.2) is 0 Å². The average Bonchev–Trinajstić information content (AvgIpc) is 2.32. The molecule has 0 saturated carbocycles. The number of nitrogen functional groups attached to an aromatic ring is 1. The number of aryl methyl sites for hydroxylation is 1. The Morgan fingerprint density at radius 3 is 2.65 bits per heavy atom. The predicted molar refractivity (Wildman–Crippen MR) is 74.0 cm³/mol. The third-order valence-corrected chi connectivity index (χ3v) is 3.08. The van der Waals surface area contributed by atoms with Crippen molar-refractivity contribution in [2.75, 3.05) is 26.1 Å². The lowest BCUT2D eigenvalue weighted by molar-refractivity contribution is 0.0622. The second kappa shape index (κ2) is 7.44. The van der Waals surface area contributed by atoms with E-state index in [1.807, 2.05) is 6.92 Å². The monoisotopic (exact) mass is 305 g/mol. The fourth-order valence-electron chi connectivity index (χ4n) is 1.56. The fraction of sp³-hybridized carbons (Fsp3) is 0.500. The van der Waals surface area contributed by atoms with Crippen molar-refractivity contribution in [3.05, 3.63) is 23.8 Å². The molecule has 0 aromatic heterocycles. The normalized spacial score (nSPS) is 13.2. The van der Waals surface area contributed by atoms with E-state index in [1.165, 1.54) is 7.11 Å². The largest absolute Gasteiger partial charge is 0.493 e. The summed E-state index contributed by atoms with van der Waals surface area (Å²) in [6.07, 6.45) is -0.554. The summed E-state index contributed by atoms with van der Waals surface area (Å²) >= 11 is 0. The van der Waals surface area contributed by atoms with Crippen LogP contribution in [0.1, 0.15) is 12.0 Å². The molecule has 0 bridgehead atoms. The molecule has 0 radical (unpaired) electrons. The number of nitrogens with two attached hydrogens (primary N) is 1. The van der Waals surface area contributed by atoms with Crippen LogP contribution in [0.3, 0.4) is 0 Å². The molecule has 3 N–H and O–H groups in total. The van der Waals surface area contributed by atoms with Crippen molar-refractivity contribution in [1.82, 2.24) is 0 Å². The summed E-state index contributed by atoms with van der Waals surface area (Å²) in [4.78, 5) is 0. The number of ether oxygens (including phenoxy) is 2. The summed E-state index contributed by atoms with van der Waals surface area (Å²) in [5.74, 6) is 0.625. The molecule has 7 nitrogen and oxygen atoms in total. The number of rotatable bonds is 8. The van der Waals surface area contributed by atoms with Gasteiger partial charge in [-0.15, -0.1) is 0 Å². The Balaban J connectivity index is 2.49. The lowest BCUT2D eigenvalue weighted by Gasteiger charge is -2.15. The smallest absolute Gasteiger partial charge is 0.397 e. The molecule has 114 valence electrons. The summed E-state index contributed by atoms with van der Waals surface area (Å²) in [5.41, 5.74) is 7.25. The Hall–Kier alpha value is -1.35. The highest BCUT2D eigenvalue weighted by Crippen LogP contribution is 2.19. The molecule has 1 aromatic rings. The van der Waals surface area contributed by atoms with Gasteiger partial charge in [0.1, 0.15) is 11.9 Å². The number of benzene rings is 1. The van der Waals surface area contributed by atoms with Crippen LogP contribution in [0, 0.1) is 6.92 Å². The molecule has 0 saturated heterocycles. The summed E-state index contributed by atoms with van der Waals surface area (Å²) in [5, 5.41) is 0. The number of hydrogen-bond donors (Lipinski definition) is 2. The van der Waals surface area contributed by atoms with Gasteiger partial charge in [0.25, 0.3) is 0 Å². The van der Waals surface area contributed by atoms with E-state index in [9.17, 15) is 8.42 Å². The second-order valence-corrected chi connectivity index (χ2v) is 5.30. The third-order valence-electron chi connectivity index (χ3n) is 2.56. The highest BCUT2D eigenvalue weighted by molar-refractivity contribution is 7.80. The van der Waals surface area contributed by atoms with E-state index in [0.29, 0.717) is 11.4 Å². The third kappa shape index (κ3) is 6.20. The second-order valence-electron chi connectivity index (χ2n) is 4.26. The Bertz CT molecular complexity index is 531. The first-order valence-electron chi connectivity index (χ1n) is 5.95. The zero-order valence-corrected chi connectivity index (χ0v) is 12.2. The van der Waals surface area contributed by atoms with Crippen LogP contribution in [0.2, 0.25) is 0 Å². The number of methoxy groups -OCH3 is 1. The molecule has 1 aromatic carbocycles. The molecule has 1 rings (SSSR count). The first-order valence-corrected chi connectivity index (χ1v) is 7.32. The van der Waals surface area contributed by atoms with Crippen LogP contribution in [0.25, 0.3) is 0 Å². The van der Waals surface area contributed by atoms with Crippen molar-refractivity contribution in [1.29, 1.82) is 0 Å². The minimum Gasteiger partial charge on any atom is -0.493 e. The fourth-order valence-corrected chi connectivity index (χ4v) is 2.06. The molecule has 0 aliphatic rings. The van der Waals surface area contributed by atoms with Gasteiger partial charge in [0.05, 0.1) is 13.2 Å². The molecular weight excluding hydrogens is 286 g/mol. The van der Waals surface area contributed by atoms with E-state index in [1.54, 1.807) is 18.2 Å². The van der Waals surface area contributed by atoms with E-state index in [2.05, 4.69) is 4.18 Å². The van der Waals surface area contributed by atoms with Crippen LogP contribution in [-0.2, 0) is 19.3 Å². The average molecular weight is 305 g/mol. The van der Waals surface area contributed by atoms with Crippen molar-refractivity contribution in [2.24, 2.45) is 0 Å². The molecule has 20 heavy (non-hydrogen) atoms. The van der Waals surface area contributed by atoms with E-state index < -0.39 is 16.5 Å². The molecule has 0 heterocycles. The standard InChI is InChI=1S/C12H19NO6S/c1-9-7-10(3-4-12(9)13)18-6-5-11(8-17-2)19-20(14,15)16/h3-4,7,11H,5-6,8,13H2,1-2H3,(H,14,15,16). The van der Waals surface area contributed by atoms with Gasteiger partial charge in [-0.05, 0) is 30.7 Å². The Labute approximate surface area is 118 Å². The zero-order chi connectivity index (χ0) is 15.2. The molecule has 1 atom stereocenters. The number of anilines is 1. The molecule has 0 aliphatic heterocycles. The zero-order valence-electron chi connectivity index (χ0n) is 11.4. The van der Waals surface area contributed by atoms with Gasteiger partial charge >= 0.3 is 10.4 Å². The van der Waals surface area contributed by atoms with Crippen molar-refractivity contribution in [3.8, 4) is 5.75 Å². The predicted octanol–water partition coefficient (Wildman–Crippen LogP) is 1.18. The van der Waals surface area contributed by atoms with Crippen LogP contribution in [0.15, 0.2) is 18.2 Å². The van der Waals surface area contributed by atoms with Gasteiger partial charge < -0.3 is 15.2 Å². The van der Waals surface area contributed by atoms with Crippen LogP contribution in [0.5, 0.6) is 5.75 Å². The maximum absolute atomic E-state index is 10.7. The molecule has 1 unspecified atom stereocenters. The van der Waals surface area contributed by atoms with Crippen LogP contribution in [0.4, 0.5) is 5.69 Å². The van der Waals surface area contributed by atoms with Crippen LogP contribution < -0.4 is 10.5 Å². The molecule has 0 amide bonds. The maximum Gasteiger partial charge on any atom is 0.397 e. The van der Waals surface area contributed by atoms with E-state index in [0.717, 1.165) is 5.56 Å². The van der Waals surface area contributed by atoms with E-state index in [4.69, 9.17) is 19.8 Å². The van der Waals surface area contributed by atoms with Gasteiger partial charge in [-0.1, -0.05) is 0 Å². The Morgan fingerprint density at radius 1 is 1.40 bits per heavy atom. The minimum absolute atomic E-state index is 0.0317. The highest BCUT2D eigenvalue weighted by atomic mass is 32.3. The van der Waals surface area contributed by atoms with Crippen LogP contribution >= 0.6 is 0 Å². The summed E-state index contributed by atoms with van der Waals surface area (Å²) in [7, 11) is -3.10. The van der Waals surface area contributed by atoms with Crippen molar-refractivity contribution >= 4 is 16.1 Å². The first-order chi connectivity index (χ1) is 9.31. The van der Waals surface area contributed by atoms with Crippen LogP contribution in [-0.4, -0.2) is 39.4 Å². The van der Waals surface area contributed by atoms with Gasteiger partial charge in [-0.3, -0.25) is 4.55 Å². The molecule has 0 spiro atoms. The summed E-state index contributed by atoms with van der Waals surface area (Å²) < 4.78 is 44.7. The Kier molecular flexibility index (Phi) is 6.21. The summed E-state index contributed by atoms with van der Waals surface area (Å²) in [6.45, 7) is 2.11. The van der Waals surface area contributed by atoms with E-state index >= 15 is 0 Å². The topological polar surface area (TPSA) is 108 Å². The van der Waals surface area contributed by atoms with Gasteiger partial charge in [-0.25, -0.2) is 4.18 Å². The molecule has 0 aliphatic carbocycles. The molecule has 0 fully saturated rings. The molecule has 8 heteroatoms. The van der Waals surface area contributed by atoms with Gasteiger partial charge in [-0.2, -0.15) is 8.42 Å². The van der Waals surface area contributed by atoms with Crippen molar-refractivity contribution in [2.45, 2.75) is 19.4 Å². The lowest BCUT2D eigenvalue weighted by atomic mass is 10.2. The van der Waals surface area contributed by atoms with Gasteiger partial charge in [0.2, 0.25) is 0 Å². The van der Waals surface area contributed by atoms with Crippen molar-refractivity contribution < 1.29 is 26.6 Å². The Morgan fingerprint density at radius 2 is 2.10 bits per heavy atom. The molecular formula is C12H19NO6S. The van der Waals surface area contributed by atoms with Crippen molar-refractivity contribution in [3.63, 3.8) is 0 Å². The van der Waals surface area contributed by atoms with E-state index in [-0.39, 0.29) is 19.6 Å². The SMILES string of the molecule is COCC(CCOc1ccc(N)c(C)c1)OS(=O)(=O)O. The first kappa shape index (κ1) is 16.7. The van der Waals surface area contributed by atoms with Gasteiger partial charge in [0, 0.05) is 19.2 Å².